The van der Waals surface area contributed by atoms with Gasteiger partial charge in [0.2, 0.25) is 5.28 Å². The van der Waals surface area contributed by atoms with E-state index in [4.69, 9.17) is 22.1 Å². The summed E-state index contributed by atoms with van der Waals surface area (Å²) in [5, 5.41) is 19.9. The number of anilines is 1. The van der Waals surface area contributed by atoms with Crippen LogP contribution < -0.4 is 5.73 Å². The monoisotopic (exact) mass is 325 g/mol. The number of halogens is 1. The number of aliphatic hydroxyl groups is 2. The van der Waals surface area contributed by atoms with Crippen molar-refractivity contribution in [2.24, 2.45) is 0 Å². The average Bonchev–Trinajstić information content (AvgIpc) is 3.00. The fourth-order valence-electron chi connectivity index (χ4n) is 2.71. The van der Waals surface area contributed by atoms with Gasteiger partial charge in [0.25, 0.3) is 0 Å². The predicted octanol–water partition coefficient (Wildman–Crippen LogP) is 0.649. The van der Waals surface area contributed by atoms with E-state index in [1.807, 2.05) is 0 Å². The zero-order chi connectivity index (χ0) is 16.1. The highest BCUT2D eigenvalue weighted by Gasteiger charge is 2.49. The standard InChI is InChI=1S/C13H16ClN5O3/c1-6(2)13(4-20)7(21)3-8(22-13)19-5-16-9-10(15)17-12(14)18-11(9)19/h5,7-8,20-21H,1,3-4H2,2H3,(H2,15,17,18)/t7-,8+,13-/m0/s1. The number of hydrogen-bond acceptors (Lipinski definition) is 7. The molecule has 0 bridgehead atoms. The highest BCUT2D eigenvalue weighted by Crippen LogP contribution is 2.41. The number of nitrogens with zero attached hydrogens (tertiary/aromatic N) is 4. The minimum absolute atomic E-state index is 0.00128. The molecule has 1 fully saturated rings. The summed E-state index contributed by atoms with van der Waals surface area (Å²) in [6.45, 7) is 5.13. The summed E-state index contributed by atoms with van der Waals surface area (Å²) < 4.78 is 7.50. The van der Waals surface area contributed by atoms with Crippen LogP contribution in [-0.4, -0.2) is 48.0 Å². The van der Waals surface area contributed by atoms with E-state index in [1.165, 1.54) is 6.33 Å². The van der Waals surface area contributed by atoms with Gasteiger partial charge in [0.15, 0.2) is 11.5 Å². The Labute approximate surface area is 131 Å². The van der Waals surface area contributed by atoms with Crippen molar-refractivity contribution in [3.05, 3.63) is 23.8 Å². The first-order valence-corrected chi connectivity index (χ1v) is 7.05. The molecule has 0 saturated carbocycles. The highest BCUT2D eigenvalue weighted by molar-refractivity contribution is 6.28. The molecule has 1 aliphatic heterocycles. The van der Waals surface area contributed by atoms with Crippen molar-refractivity contribution in [3.63, 3.8) is 0 Å². The Morgan fingerprint density at radius 3 is 2.95 bits per heavy atom. The van der Waals surface area contributed by atoms with Crippen molar-refractivity contribution in [1.82, 2.24) is 19.5 Å². The molecular formula is C13H16ClN5O3. The molecule has 2 aromatic rings. The van der Waals surface area contributed by atoms with Gasteiger partial charge in [-0.3, -0.25) is 4.57 Å². The summed E-state index contributed by atoms with van der Waals surface area (Å²) in [6, 6.07) is 0. The number of ether oxygens (including phenoxy) is 1. The molecule has 0 unspecified atom stereocenters. The van der Waals surface area contributed by atoms with Crippen LogP contribution in [-0.2, 0) is 4.74 Å². The molecule has 22 heavy (non-hydrogen) atoms. The van der Waals surface area contributed by atoms with Crippen LogP contribution in [0, 0.1) is 0 Å². The molecule has 0 aliphatic carbocycles. The third-order valence-corrected chi connectivity index (χ3v) is 4.17. The molecule has 1 saturated heterocycles. The van der Waals surface area contributed by atoms with Crippen molar-refractivity contribution in [2.75, 3.05) is 12.3 Å². The fourth-order valence-corrected chi connectivity index (χ4v) is 2.88. The Morgan fingerprint density at radius 1 is 1.64 bits per heavy atom. The summed E-state index contributed by atoms with van der Waals surface area (Å²) in [7, 11) is 0. The van der Waals surface area contributed by atoms with Crippen molar-refractivity contribution < 1.29 is 14.9 Å². The summed E-state index contributed by atoms with van der Waals surface area (Å²) in [4.78, 5) is 12.1. The molecule has 0 radical (unpaired) electrons. The summed E-state index contributed by atoms with van der Waals surface area (Å²) >= 11 is 5.83. The lowest BCUT2D eigenvalue weighted by Gasteiger charge is -2.30. The van der Waals surface area contributed by atoms with E-state index >= 15 is 0 Å². The number of rotatable bonds is 3. The smallest absolute Gasteiger partial charge is 0.226 e. The second-order valence-electron chi connectivity index (χ2n) is 5.35. The molecule has 8 nitrogen and oxygen atoms in total. The first kappa shape index (κ1) is 15.2. The van der Waals surface area contributed by atoms with Gasteiger partial charge in [-0.15, -0.1) is 0 Å². The number of aromatic nitrogens is 4. The van der Waals surface area contributed by atoms with Gasteiger partial charge in [-0.2, -0.15) is 9.97 Å². The number of imidazole rings is 1. The Balaban J connectivity index is 2.05. The molecular weight excluding hydrogens is 310 g/mol. The van der Waals surface area contributed by atoms with E-state index < -0.39 is 17.9 Å². The van der Waals surface area contributed by atoms with E-state index in [0.29, 0.717) is 16.7 Å². The van der Waals surface area contributed by atoms with Crippen molar-refractivity contribution in [3.8, 4) is 0 Å². The second-order valence-corrected chi connectivity index (χ2v) is 5.69. The van der Waals surface area contributed by atoms with Crippen LogP contribution in [0.4, 0.5) is 5.82 Å². The minimum atomic E-state index is -1.20. The van der Waals surface area contributed by atoms with Gasteiger partial charge in [-0.05, 0) is 24.1 Å². The maximum Gasteiger partial charge on any atom is 0.226 e. The predicted molar refractivity (Wildman–Crippen MR) is 80.1 cm³/mol. The molecule has 118 valence electrons. The number of aliphatic hydroxyl groups excluding tert-OH is 2. The Bertz CT molecular complexity index is 749. The molecule has 3 atom stereocenters. The van der Waals surface area contributed by atoms with Crippen LogP contribution >= 0.6 is 11.6 Å². The van der Waals surface area contributed by atoms with Crippen LogP contribution in [0.5, 0.6) is 0 Å². The van der Waals surface area contributed by atoms with Gasteiger partial charge in [0, 0.05) is 6.42 Å². The Kier molecular flexibility index (Phi) is 3.56. The number of fused-ring (bicyclic) bond motifs is 1. The van der Waals surface area contributed by atoms with Crippen LogP contribution in [0.1, 0.15) is 19.6 Å². The normalized spacial score (nSPS) is 28.4. The van der Waals surface area contributed by atoms with Gasteiger partial charge in [0.1, 0.15) is 17.3 Å². The summed E-state index contributed by atoms with van der Waals surface area (Å²) in [6.07, 6.45) is 0.275. The van der Waals surface area contributed by atoms with E-state index in [1.54, 1.807) is 11.5 Å². The van der Waals surface area contributed by atoms with E-state index in [-0.39, 0.29) is 24.1 Å². The SMILES string of the molecule is C=C(C)[C@]1(CO)O[C@@H](n2cnc3c(N)nc(Cl)nc32)C[C@@H]1O. The lowest BCUT2D eigenvalue weighted by atomic mass is 9.91. The van der Waals surface area contributed by atoms with Gasteiger partial charge < -0.3 is 20.7 Å². The molecule has 4 N–H and O–H groups in total. The summed E-state index contributed by atoms with van der Waals surface area (Å²) in [5.41, 5.74) is 5.92. The number of nitrogens with two attached hydrogens (primary N) is 1. The lowest BCUT2D eigenvalue weighted by molar-refractivity contribution is -0.102. The second kappa shape index (κ2) is 5.17. The van der Waals surface area contributed by atoms with Crippen LogP contribution in [0.15, 0.2) is 18.5 Å². The lowest BCUT2D eigenvalue weighted by Crippen LogP contribution is -2.44. The van der Waals surface area contributed by atoms with Gasteiger partial charge in [-0.25, -0.2) is 4.98 Å². The van der Waals surface area contributed by atoms with Gasteiger partial charge in [0.05, 0.1) is 19.0 Å². The Morgan fingerprint density at radius 2 is 2.36 bits per heavy atom. The molecule has 0 spiro atoms. The average molecular weight is 326 g/mol. The van der Waals surface area contributed by atoms with Gasteiger partial charge >= 0.3 is 0 Å². The van der Waals surface area contributed by atoms with Crippen LogP contribution in [0.2, 0.25) is 5.28 Å². The van der Waals surface area contributed by atoms with Gasteiger partial charge in [-0.1, -0.05) is 6.58 Å². The first-order chi connectivity index (χ1) is 10.4. The van der Waals surface area contributed by atoms with E-state index in [9.17, 15) is 10.2 Å². The van der Waals surface area contributed by atoms with E-state index in [0.717, 1.165) is 0 Å². The quantitative estimate of drug-likeness (QED) is 0.559. The molecule has 1 aliphatic rings. The molecule has 3 heterocycles. The third-order valence-electron chi connectivity index (χ3n) is 4.00. The molecule has 9 heteroatoms. The zero-order valence-electron chi connectivity index (χ0n) is 11.9. The third kappa shape index (κ3) is 2.07. The number of nitrogen functional groups attached to an aromatic ring is 1. The summed E-state index contributed by atoms with van der Waals surface area (Å²) in [5.74, 6) is 0.167. The van der Waals surface area contributed by atoms with Crippen molar-refractivity contribution in [2.45, 2.75) is 31.3 Å². The molecule has 0 aromatic carbocycles. The van der Waals surface area contributed by atoms with Crippen molar-refractivity contribution >= 4 is 28.6 Å². The fraction of sp³-hybridized carbons (Fsp3) is 0.462. The van der Waals surface area contributed by atoms with Crippen LogP contribution in [0.3, 0.4) is 0 Å². The minimum Gasteiger partial charge on any atom is -0.393 e. The molecule has 0 amide bonds. The zero-order valence-corrected chi connectivity index (χ0v) is 12.7. The maximum atomic E-state index is 10.3. The maximum absolute atomic E-state index is 10.3. The number of hydrogen-bond donors (Lipinski definition) is 3. The van der Waals surface area contributed by atoms with Crippen LogP contribution in [0.25, 0.3) is 11.2 Å². The van der Waals surface area contributed by atoms with Crippen molar-refractivity contribution in [1.29, 1.82) is 0 Å². The molecule has 3 rings (SSSR count). The molecule has 2 aromatic heterocycles. The topological polar surface area (TPSA) is 119 Å². The Hall–Kier alpha value is -1.74. The first-order valence-electron chi connectivity index (χ1n) is 6.67. The van der Waals surface area contributed by atoms with E-state index in [2.05, 4.69) is 21.5 Å². The largest absolute Gasteiger partial charge is 0.393 e. The highest BCUT2D eigenvalue weighted by atomic mass is 35.5.